The molecule has 160 valence electrons. The van der Waals surface area contributed by atoms with E-state index >= 15 is 0 Å². The van der Waals surface area contributed by atoms with Gasteiger partial charge in [0.15, 0.2) is 5.16 Å². The van der Waals surface area contributed by atoms with E-state index in [1.165, 1.54) is 24.3 Å². The van der Waals surface area contributed by atoms with E-state index < -0.39 is 0 Å². The number of rotatable bonds is 5. The van der Waals surface area contributed by atoms with Crippen LogP contribution in [0.1, 0.15) is 23.2 Å². The minimum atomic E-state index is -0.366. The van der Waals surface area contributed by atoms with E-state index in [1.54, 1.807) is 22.9 Å². The number of carbonyl (C=O) groups excluding carboxylic acids is 2. The van der Waals surface area contributed by atoms with Crippen molar-refractivity contribution >= 4 is 29.3 Å². The molecule has 1 aliphatic rings. The molecule has 0 atom stereocenters. The second kappa shape index (κ2) is 9.34. The van der Waals surface area contributed by atoms with Crippen LogP contribution in [0.3, 0.4) is 0 Å². The molecule has 2 amide bonds. The van der Waals surface area contributed by atoms with E-state index in [4.69, 9.17) is 0 Å². The second-order valence-corrected chi connectivity index (χ2v) is 8.55. The first-order chi connectivity index (χ1) is 15.0. The molecule has 2 aromatic carbocycles. The predicted octanol–water partition coefficient (Wildman–Crippen LogP) is 4.20. The number of nitrogens with one attached hydrogen (secondary N) is 1. The molecule has 8 heteroatoms. The molecule has 31 heavy (non-hydrogen) atoms. The summed E-state index contributed by atoms with van der Waals surface area (Å²) in [5.41, 5.74) is 1.21. The maximum Gasteiger partial charge on any atom is 0.253 e. The van der Waals surface area contributed by atoms with Crippen LogP contribution < -0.4 is 5.32 Å². The van der Waals surface area contributed by atoms with Crippen molar-refractivity contribution in [2.45, 2.75) is 22.9 Å². The first-order valence-electron chi connectivity index (χ1n) is 10.1. The van der Waals surface area contributed by atoms with Crippen LogP contribution in [0.4, 0.5) is 10.1 Å². The average Bonchev–Trinajstić information content (AvgIpc) is 3.19. The Labute approximate surface area is 184 Å². The summed E-state index contributed by atoms with van der Waals surface area (Å²) >= 11 is 1.56. The summed E-state index contributed by atoms with van der Waals surface area (Å²) in [6, 6.07) is 13.2. The van der Waals surface area contributed by atoms with E-state index in [0.29, 0.717) is 31.5 Å². The maximum absolute atomic E-state index is 13.1. The fourth-order valence-corrected chi connectivity index (χ4v) is 4.33. The molecule has 1 aromatic heterocycles. The van der Waals surface area contributed by atoms with Gasteiger partial charge in [0.05, 0.1) is 0 Å². The molecule has 0 radical (unpaired) electrons. The van der Waals surface area contributed by atoms with Crippen LogP contribution in [0.25, 0.3) is 0 Å². The SMILES string of the molecule is Cn1ccnc1Sc1ccc(NC(=O)C2CCN(C(=O)c3ccc(F)cc3)CC2)cc1. The quantitative estimate of drug-likeness (QED) is 0.648. The van der Waals surface area contributed by atoms with Crippen LogP contribution in [-0.2, 0) is 11.8 Å². The Hall–Kier alpha value is -3.13. The Balaban J connectivity index is 1.28. The first kappa shape index (κ1) is 21.1. The number of halogens is 1. The van der Waals surface area contributed by atoms with Gasteiger partial charge in [-0.25, -0.2) is 9.37 Å². The van der Waals surface area contributed by atoms with Gasteiger partial charge in [-0.15, -0.1) is 0 Å². The van der Waals surface area contributed by atoms with Crippen molar-refractivity contribution < 1.29 is 14.0 Å². The maximum atomic E-state index is 13.1. The van der Waals surface area contributed by atoms with Gasteiger partial charge in [-0.05, 0) is 61.4 Å². The lowest BCUT2D eigenvalue weighted by atomic mass is 9.95. The summed E-state index contributed by atoms with van der Waals surface area (Å²) in [6.45, 7) is 1.01. The lowest BCUT2D eigenvalue weighted by molar-refractivity contribution is -0.121. The van der Waals surface area contributed by atoms with E-state index in [9.17, 15) is 14.0 Å². The number of nitrogens with zero attached hydrogens (tertiary/aromatic N) is 3. The van der Waals surface area contributed by atoms with Crippen molar-refractivity contribution in [1.29, 1.82) is 0 Å². The summed E-state index contributed by atoms with van der Waals surface area (Å²) < 4.78 is 15.0. The van der Waals surface area contributed by atoms with Gasteiger partial charge in [0.2, 0.25) is 5.91 Å². The zero-order valence-corrected chi connectivity index (χ0v) is 17.9. The molecule has 1 N–H and O–H groups in total. The van der Waals surface area contributed by atoms with Crippen molar-refractivity contribution in [1.82, 2.24) is 14.5 Å². The normalized spacial score (nSPS) is 14.5. The highest BCUT2D eigenvalue weighted by Gasteiger charge is 2.28. The molecular weight excluding hydrogens is 415 g/mol. The van der Waals surface area contributed by atoms with E-state index in [1.807, 2.05) is 42.1 Å². The summed E-state index contributed by atoms with van der Waals surface area (Å²) in [7, 11) is 1.95. The first-order valence-corrected chi connectivity index (χ1v) is 10.9. The Morgan fingerprint density at radius 1 is 1.06 bits per heavy atom. The van der Waals surface area contributed by atoms with Gasteiger partial charge in [-0.2, -0.15) is 0 Å². The Morgan fingerprint density at radius 3 is 2.35 bits per heavy atom. The van der Waals surface area contributed by atoms with Crippen LogP contribution in [0.2, 0.25) is 0 Å². The molecule has 2 heterocycles. The number of piperidine rings is 1. The lowest BCUT2D eigenvalue weighted by Crippen LogP contribution is -2.41. The van der Waals surface area contributed by atoms with Gasteiger partial charge in [0.1, 0.15) is 5.82 Å². The highest BCUT2D eigenvalue weighted by atomic mass is 32.2. The third-order valence-electron chi connectivity index (χ3n) is 5.35. The molecular formula is C23H23FN4O2S. The van der Waals surface area contributed by atoms with E-state index in [2.05, 4.69) is 10.3 Å². The zero-order valence-electron chi connectivity index (χ0n) is 17.1. The van der Waals surface area contributed by atoms with Crippen molar-refractivity contribution in [2.24, 2.45) is 13.0 Å². The summed E-state index contributed by atoms with van der Waals surface area (Å²) in [4.78, 5) is 32.3. The Bertz CT molecular complexity index is 1060. The fourth-order valence-electron chi connectivity index (χ4n) is 3.53. The molecule has 1 saturated heterocycles. The molecule has 4 rings (SSSR count). The van der Waals surface area contributed by atoms with Crippen molar-refractivity contribution in [3.63, 3.8) is 0 Å². The van der Waals surface area contributed by atoms with E-state index in [-0.39, 0.29) is 23.5 Å². The highest BCUT2D eigenvalue weighted by molar-refractivity contribution is 7.99. The second-order valence-electron chi connectivity index (χ2n) is 7.51. The molecule has 1 aliphatic heterocycles. The summed E-state index contributed by atoms with van der Waals surface area (Å²) in [6.07, 6.45) is 4.86. The number of amides is 2. The predicted molar refractivity (Wildman–Crippen MR) is 117 cm³/mol. The van der Waals surface area contributed by atoms with Gasteiger partial charge in [-0.3, -0.25) is 9.59 Å². The number of aryl methyl sites for hydroxylation is 1. The van der Waals surface area contributed by atoms with Crippen molar-refractivity contribution in [2.75, 3.05) is 18.4 Å². The van der Waals surface area contributed by atoms with Gasteiger partial charge in [0, 0.05) is 54.6 Å². The Morgan fingerprint density at radius 2 is 1.74 bits per heavy atom. The molecule has 3 aromatic rings. The Kier molecular flexibility index (Phi) is 6.36. The van der Waals surface area contributed by atoms with Crippen LogP contribution in [0.15, 0.2) is 71.0 Å². The number of anilines is 1. The van der Waals surface area contributed by atoms with Gasteiger partial charge >= 0.3 is 0 Å². The lowest BCUT2D eigenvalue weighted by Gasteiger charge is -2.31. The average molecular weight is 439 g/mol. The van der Waals surface area contributed by atoms with Crippen molar-refractivity contribution in [3.8, 4) is 0 Å². The number of benzene rings is 2. The molecule has 0 unspecified atom stereocenters. The van der Waals surface area contributed by atoms with Gasteiger partial charge in [-0.1, -0.05) is 11.8 Å². The molecule has 0 spiro atoms. The number of aromatic nitrogens is 2. The number of likely N-dealkylation sites (tertiary alicyclic amines) is 1. The van der Waals surface area contributed by atoms with Crippen LogP contribution >= 0.6 is 11.8 Å². The largest absolute Gasteiger partial charge is 0.339 e. The minimum absolute atomic E-state index is 0.0293. The molecule has 6 nitrogen and oxygen atoms in total. The topological polar surface area (TPSA) is 67.2 Å². The third-order valence-corrected chi connectivity index (χ3v) is 6.44. The zero-order chi connectivity index (χ0) is 21.8. The standard InChI is InChI=1S/C23H23FN4O2S/c1-27-15-12-25-23(27)31-20-8-6-19(7-9-20)26-21(29)16-10-13-28(14-11-16)22(30)17-2-4-18(24)5-3-17/h2-9,12,15-16H,10-11,13-14H2,1H3,(H,26,29). The van der Waals surface area contributed by atoms with Crippen molar-refractivity contribution in [3.05, 3.63) is 72.3 Å². The number of hydrogen-bond donors (Lipinski definition) is 1. The van der Waals surface area contributed by atoms with Gasteiger partial charge < -0.3 is 14.8 Å². The third kappa shape index (κ3) is 5.14. The number of imidazole rings is 1. The highest BCUT2D eigenvalue weighted by Crippen LogP contribution is 2.27. The molecule has 0 bridgehead atoms. The molecule has 0 saturated carbocycles. The number of hydrogen-bond acceptors (Lipinski definition) is 4. The monoisotopic (exact) mass is 438 g/mol. The fraction of sp³-hybridized carbons (Fsp3) is 0.261. The summed E-state index contributed by atoms with van der Waals surface area (Å²) in [5, 5.41) is 3.88. The minimum Gasteiger partial charge on any atom is -0.339 e. The van der Waals surface area contributed by atoms with Crippen LogP contribution in [0.5, 0.6) is 0 Å². The smallest absolute Gasteiger partial charge is 0.253 e. The summed E-state index contributed by atoms with van der Waals surface area (Å²) in [5.74, 6) is -0.660. The van der Waals surface area contributed by atoms with Crippen LogP contribution in [-0.4, -0.2) is 39.4 Å². The van der Waals surface area contributed by atoms with Gasteiger partial charge in [0.25, 0.3) is 5.91 Å². The number of carbonyl (C=O) groups is 2. The van der Waals surface area contributed by atoms with Crippen LogP contribution in [0, 0.1) is 11.7 Å². The molecule has 1 fully saturated rings. The van der Waals surface area contributed by atoms with E-state index in [0.717, 1.165) is 15.7 Å². The molecule has 0 aliphatic carbocycles.